The number of amides is 2. The lowest BCUT2D eigenvalue weighted by molar-refractivity contribution is -0.138. The van der Waals surface area contributed by atoms with Gasteiger partial charge in [-0.15, -0.1) is 5.10 Å². The molecule has 1 aliphatic rings. The molecule has 2 aromatic carbocycles. The topological polar surface area (TPSA) is 88.1 Å². The number of hydrogen-bond acceptors (Lipinski definition) is 5. The molecule has 0 spiro atoms. The second-order valence-corrected chi connectivity index (χ2v) is 7.51. The van der Waals surface area contributed by atoms with Gasteiger partial charge in [-0.2, -0.15) is 5.10 Å². The van der Waals surface area contributed by atoms with Gasteiger partial charge in [0.25, 0.3) is 0 Å². The standard InChI is InChI=1S/C19H17ClN4O2S/c20-15-8-6-13(7-9-15)11-22-23-19(21)27-16-10-17(25)24(18(16)26)12-14-4-2-1-3-5-14/h1-9,11,16H,10,12H2,(H2,21,23). The molecule has 0 radical (unpaired) electrons. The summed E-state index contributed by atoms with van der Waals surface area (Å²) in [6.07, 6.45) is 1.64. The SMILES string of the molecule is NC(=NN=Cc1ccc(Cl)cc1)SC1CC(=O)N(Cc2ccccc2)C1=O. The van der Waals surface area contributed by atoms with Gasteiger partial charge in [-0.25, -0.2) is 0 Å². The molecule has 0 saturated carbocycles. The van der Waals surface area contributed by atoms with E-state index in [2.05, 4.69) is 10.2 Å². The number of hydrogen-bond donors (Lipinski definition) is 1. The summed E-state index contributed by atoms with van der Waals surface area (Å²) < 4.78 is 0. The summed E-state index contributed by atoms with van der Waals surface area (Å²) in [5.41, 5.74) is 7.57. The fourth-order valence-electron chi connectivity index (χ4n) is 2.55. The van der Waals surface area contributed by atoms with Crippen LogP contribution in [-0.4, -0.2) is 33.3 Å². The van der Waals surface area contributed by atoms with Crippen LogP contribution in [0.15, 0.2) is 64.8 Å². The Labute approximate surface area is 166 Å². The molecule has 1 heterocycles. The molecule has 2 amide bonds. The van der Waals surface area contributed by atoms with E-state index in [0.717, 1.165) is 22.9 Å². The number of nitrogens with zero attached hydrogens (tertiary/aromatic N) is 3. The van der Waals surface area contributed by atoms with Crippen molar-refractivity contribution in [1.29, 1.82) is 0 Å². The van der Waals surface area contributed by atoms with E-state index in [-0.39, 0.29) is 29.9 Å². The second kappa shape index (κ2) is 8.83. The second-order valence-electron chi connectivity index (χ2n) is 5.85. The Kier molecular flexibility index (Phi) is 6.26. The number of imide groups is 1. The minimum Gasteiger partial charge on any atom is -0.377 e. The predicted molar refractivity (Wildman–Crippen MR) is 109 cm³/mol. The molecule has 0 aromatic heterocycles. The predicted octanol–water partition coefficient (Wildman–Crippen LogP) is 3.05. The van der Waals surface area contributed by atoms with Crippen LogP contribution in [0.3, 0.4) is 0 Å². The monoisotopic (exact) mass is 400 g/mol. The van der Waals surface area contributed by atoms with E-state index in [1.165, 1.54) is 11.1 Å². The Bertz CT molecular complexity index is 884. The minimum atomic E-state index is -0.573. The number of likely N-dealkylation sites (tertiary alicyclic amines) is 1. The molecule has 138 valence electrons. The van der Waals surface area contributed by atoms with Gasteiger partial charge in [-0.3, -0.25) is 14.5 Å². The van der Waals surface area contributed by atoms with Crippen molar-refractivity contribution >= 4 is 46.6 Å². The molecule has 1 fully saturated rings. The lowest BCUT2D eigenvalue weighted by Crippen LogP contribution is -2.31. The van der Waals surface area contributed by atoms with Gasteiger partial charge < -0.3 is 5.73 Å². The highest BCUT2D eigenvalue weighted by Crippen LogP contribution is 2.26. The first-order valence-electron chi connectivity index (χ1n) is 8.20. The first-order valence-corrected chi connectivity index (χ1v) is 9.45. The van der Waals surface area contributed by atoms with Crippen molar-refractivity contribution in [1.82, 2.24) is 4.90 Å². The fourth-order valence-corrected chi connectivity index (χ4v) is 3.51. The summed E-state index contributed by atoms with van der Waals surface area (Å²) in [6, 6.07) is 16.5. The van der Waals surface area contributed by atoms with E-state index >= 15 is 0 Å². The molecular weight excluding hydrogens is 384 g/mol. The maximum Gasteiger partial charge on any atom is 0.243 e. The molecule has 1 aliphatic heterocycles. The minimum absolute atomic E-state index is 0.105. The van der Waals surface area contributed by atoms with Gasteiger partial charge in [0.1, 0.15) is 5.25 Å². The molecule has 6 nitrogen and oxygen atoms in total. The molecule has 2 aromatic rings. The summed E-state index contributed by atoms with van der Waals surface area (Å²) >= 11 is 6.87. The van der Waals surface area contributed by atoms with Crippen LogP contribution in [0.4, 0.5) is 0 Å². The summed E-state index contributed by atoms with van der Waals surface area (Å²) in [6.45, 7) is 0.265. The normalized spacial score (nSPS) is 17.9. The Morgan fingerprint density at radius 1 is 1.19 bits per heavy atom. The largest absolute Gasteiger partial charge is 0.377 e. The van der Waals surface area contributed by atoms with Crippen LogP contribution < -0.4 is 5.73 Å². The lowest BCUT2D eigenvalue weighted by Gasteiger charge is -2.14. The molecule has 0 bridgehead atoms. The Balaban J connectivity index is 1.59. The highest BCUT2D eigenvalue weighted by Gasteiger charge is 2.39. The molecule has 8 heteroatoms. The van der Waals surface area contributed by atoms with E-state index in [4.69, 9.17) is 17.3 Å². The first kappa shape index (κ1) is 19.1. The molecule has 1 unspecified atom stereocenters. The van der Waals surface area contributed by atoms with Gasteiger partial charge in [0.2, 0.25) is 11.8 Å². The maximum atomic E-state index is 12.5. The highest BCUT2D eigenvalue weighted by atomic mass is 35.5. The summed E-state index contributed by atoms with van der Waals surface area (Å²) in [7, 11) is 0. The molecule has 3 rings (SSSR count). The Morgan fingerprint density at radius 2 is 1.89 bits per heavy atom. The Hall–Kier alpha value is -2.64. The van der Waals surface area contributed by atoms with Gasteiger partial charge >= 0.3 is 0 Å². The zero-order chi connectivity index (χ0) is 19.2. The van der Waals surface area contributed by atoms with Crippen molar-refractivity contribution in [2.75, 3.05) is 0 Å². The summed E-state index contributed by atoms with van der Waals surface area (Å²) in [5, 5.41) is 7.99. The summed E-state index contributed by atoms with van der Waals surface area (Å²) in [5.74, 6) is -0.465. The third-order valence-corrected chi connectivity index (χ3v) is 5.11. The van der Waals surface area contributed by atoms with Crippen LogP contribution >= 0.6 is 23.4 Å². The first-order chi connectivity index (χ1) is 13.0. The van der Waals surface area contributed by atoms with Gasteiger partial charge in [0, 0.05) is 11.4 Å². The van der Waals surface area contributed by atoms with Crippen LogP contribution in [-0.2, 0) is 16.1 Å². The third kappa shape index (κ3) is 5.18. The van der Waals surface area contributed by atoms with Gasteiger partial charge in [0.15, 0.2) is 5.17 Å². The summed E-state index contributed by atoms with van der Waals surface area (Å²) in [4.78, 5) is 25.9. The molecule has 1 saturated heterocycles. The highest BCUT2D eigenvalue weighted by molar-refractivity contribution is 8.14. The van der Waals surface area contributed by atoms with E-state index in [0.29, 0.717) is 5.02 Å². The Morgan fingerprint density at radius 3 is 2.59 bits per heavy atom. The van der Waals surface area contributed by atoms with Gasteiger partial charge in [0.05, 0.1) is 12.8 Å². The number of carbonyl (C=O) groups excluding carboxylic acids is 2. The van der Waals surface area contributed by atoms with Crippen molar-refractivity contribution in [3.8, 4) is 0 Å². The van der Waals surface area contributed by atoms with E-state index in [1.54, 1.807) is 24.3 Å². The fraction of sp³-hybridized carbons (Fsp3) is 0.158. The zero-order valence-electron chi connectivity index (χ0n) is 14.3. The average Bonchev–Trinajstić information content (AvgIpc) is 2.91. The lowest BCUT2D eigenvalue weighted by atomic mass is 10.2. The third-order valence-electron chi connectivity index (χ3n) is 3.88. The van der Waals surface area contributed by atoms with E-state index in [1.807, 2.05) is 30.3 Å². The van der Waals surface area contributed by atoms with Crippen molar-refractivity contribution < 1.29 is 9.59 Å². The van der Waals surface area contributed by atoms with E-state index < -0.39 is 5.25 Å². The van der Waals surface area contributed by atoms with Crippen LogP contribution in [0.25, 0.3) is 0 Å². The smallest absolute Gasteiger partial charge is 0.243 e. The zero-order valence-corrected chi connectivity index (χ0v) is 15.9. The van der Waals surface area contributed by atoms with Crippen molar-refractivity contribution in [2.45, 2.75) is 18.2 Å². The van der Waals surface area contributed by atoms with Crippen molar-refractivity contribution in [2.24, 2.45) is 15.9 Å². The number of rotatable bonds is 5. The number of benzene rings is 2. The molecule has 0 aliphatic carbocycles. The van der Waals surface area contributed by atoms with Gasteiger partial charge in [-0.1, -0.05) is 65.8 Å². The van der Waals surface area contributed by atoms with Crippen molar-refractivity contribution in [3.63, 3.8) is 0 Å². The molecular formula is C19H17ClN4O2S. The van der Waals surface area contributed by atoms with Crippen LogP contribution in [0, 0.1) is 0 Å². The maximum absolute atomic E-state index is 12.5. The number of thioether (sulfide) groups is 1. The van der Waals surface area contributed by atoms with E-state index in [9.17, 15) is 9.59 Å². The molecule has 27 heavy (non-hydrogen) atoms. The van der Waals surface area contributed by atoms with Crippen LogP contribution in [0.1, 0.15) is 17.5 Å². The average molecular weight is 401 g/mol. The van der Waals surface area contributed by atoms with Crippen molar-refractivity contribution in [3.05, 3.63) is 70.7 Å². The quantitative estimate of drug-likeness (QED) is 0.361. The van der Waals surface area contributed by atoms with Crippen LogP contribution in [0.5, 0.6) is 0 Å². The number of amidine groups is 1. The number of nitrogens with two attached hydrogens (primary N) is 1. The number of halogens is 1. The van der Waals surface area contributed by atoms with Crippen LogP contribution in [0.2, 0.25) is 5.02 Å². The number of carbonyl (C=O) groups is 2. The molecule has 1 atom stereocenters. The molecule has 2 N–H and O–H groups in total. The van der Waals surface area contributed by atoms with Gasteiger partial charge in [-0.05, 0) is 23.3 Å².